The lowest BCUT2D eigenvalue weighted by Gasteiger charge is -2.20. The van der Waals surface area contributed by atoms with Crippen LogP contribution in [-0.2, 0) is 4.74 Å². The van der Waals surface area contributed by atoms with E-state index in [1.807, 2.05) is 27.7 Å². The van der Waals surface area contributed by atoms with E-state index in [1.54, 1.807) is 0 Å². The molecule has 0 amide bonds. The van der Waals surface area contributed by atoms with Gasteiger partial charge in [-0.15, -0.1) is 0 Å². The van der Waals surface area contributed by atoms with E-state index in [-0.39, 0.29) is 11.6 Å². The van der Waals surface area contributed by atoms with E-state index in [1.165, 1.54) is 0 Å². The molecule has 0 saturated heterocycles. The molecule has 2 N–H and O–H groups in total. The summed E-state index contributed by atoms with van der Waals surface area (Å²) in [7, 11) is 0. The summed E-state index contributed by atoms with van der Waals surface area (Å²) in [6, 6.07) is 0. The van der Waals surface area contributed by atoms with E-state index in [0.29, 0.717) is 12.4 Å². The van der Waals surface area contributed by atoms with Gasteiger partial charge in [0.25, 0.3) is 0 Å². The molecule has 0 aromatic rings. The van der Waals surface area contributed by atoms with Crippen molar-refractivity contribution in [3.05, 3.63) is 0 Å². The van der Waals surface area contributed by atoms with Gasteiger partial charge in [-0.1, -0.05) is 13.3 Å². The van der Waals surface area contributed by atoms with Crippen LogP contribution in [0, 0.1) is 0 Å². The molecule has 0 fully saturated rings. The first-order valence-electron chi connectivity index (χ1n) is 5.37. The van der Waals surface area contributed by atoms with Gasteiger partial charge in [0, 0.05) is 6.61 Å². The van der Waals surface area contributed by atoms with Gasteiger partial charge in [0.2, 0.25) is 0 Å². The van der Waals surface area contributed by atoms with Crippen LogP contribution in [0.3, 0.4) is 0 Å². The monoisotopic (exact) mass is 200 g/mol. The van der Waals surface area contributed by atoms with Gasteiger partial charge in [-0.25, -0.2) is 0 Å². The molecule has 0 aliphatic carbocycles. The van der Waals surface area contributed by atoms with Crippen LogP contribution in [0.4, 0.5) is 0 Å². The Morgan fingerprint density at radius 2 is 1.93 bits per heavy atom. The first-order valence-corrected chi connectivity index (χ1v) is 5.37. The maximum Gasteiger partial charge on any atom is 0.124 e. The van der Waals surface area contributed by atoms with Crippen LogP contribution < -0.4 is 5.73 Å². The molecule has 84 valence electrons. The lowest BCUT2D eigenvalue weighted by Crippen LogP contribution is -2.34. The molecule has 0 spiro atoms. The molecule has 0 heterocycles. The molecule has 0 aromatic heterocycles. The molecule has 0 rings (SSSR count). The number of ether oxygens (including phenoxy) is 1. The number of amidine groups is 1. The smallest absolute Gasteiger partial charge is 0.124 e. The van der Waals surface area contributed by atoms with E-state index in [9.17, 15) is 0 Å². The third-order valence-electron chi connectivity index (χ3n) is 1.71. The van der Waals surface area contributed by atoms with E-state index in [4.69, 9.17) is 10.5 Å². The number of hydrogen-bond donors (Lipinski definition) is 1. The van der Waals surface area contributed by atoms with Crippen molar-refractivity contribution in [3.63, 3.8) is 0 Å². The molecule has 0 aliphatic heterocycles. The van der Waals surface area contributed by atoms with Gasteiger partial charge in [0.05, 0.1) is 5.54 Å². The zero-order chi connectivity index (χ0) is 11.2. The Hall–Kier alpha value is -0.570. The summed E-state index contributed by atoms with van der Waals surface area (Å²) in [4.78, 5) is 4.42. The fourth-order valence-electron chi connectivity index (χ4n) is 1.24. The van der Waals surface area contributed by atoms with E-state index < -0.39 is 0 Å². The number of aliphatic imine (C=N–C) groups is 1. The fourth-order valence-corrected chi connectivity index (χ4v) is 1.24. The van der Waals surface area contributed by atoms with E-state index >= 15 is 0 Å². The first-order chi connectivity index (χ1) is 6.40. The Bertz CT molecular complexity index is 176. The number of nitrogens with zero attached hydrogens (tertiary/aromatic N) is 1. The Kier molecular flexibility index (Phi) is 5.77. The van der Waals surface area contributed by atoms with Crippen molar-refractivity contribution in [1.82, 2.24) is 0 Å². The quantitative estimate of drug-likeness (QED) is 0.547. The van der Waals surface area contributed by atoms with Crippen LogP contribution in [-0.4, -0.2) is 24.1 Å². The average molecular weight is 200 g/mol. The second-order valence-electron chi connectivity index (χ2n) is 4.44. The molecule has 1 atom stereocenters. The predicted molar refractivity (Wildman–Crippen MR) is 61.7 cm³/mol. The topological polar surface area (TPSA) is 47.6 Å². The summed E-state index contributed by atoms with van der Waals surface area (Å²) in [6.45, 7) is 10.9. The van der Waals surface area contributed by atoms with Crippen LogP contribution in [0.25, 0.3) is 0 Å². The second-order valence-corrected chi connectivity index (χ2v) is 4.44. The number of nitrogens with two attached hydrogens (primary N) is 1. The van der Waals surface area contributed by atoms with Gasteiger partial charge < -0.3 is 10.5 Å². The van der Waals surface area contributed by atoms with Crippen molar-refractivity contribution in [1.29, 1.82) is 0 Å². The van der Waals surface area contributed by atoms with Crippen molar-refractivity contribution in [2.24, 2.45) is 10.7 Å². The van der Waals surface area contributed by atoms with Crippen LogP contribution in [0.1, 0.15) is 47.5 Å². The molecule has 0 aromatic carbocycles. The van der Waals surface area contributed by atoms with E-state index in [2.05, 4.69) is 11.9 Å². The van der Waals surface area contributed by atoms with Crippen LogP contribution in [0.5, 0.6) is 0 Å². The summed E-state index contributed by atoms with van der Waals surface area (Å²) in [5, 5.41) is 0. The molecular formula is C11H24N2O. The normalized spacial score (nSPS) is 15.6. The minimum atomic E-state index is -0.118. The minimum Gasteiger partial charge on any atom is -0.385 e. The Balaban J connectivity index is 4.41. The largest absolute Gasteiger partial charge is 0.385 e. The van der Waals surface area contributed by atoms with Gasteiger partial charge in [0.15, 0.2) is 0 Å². The van der Waals surface area contributed by atoms with Crippen LogP contribution in [0.15, 0.2) is 4.99 Å². The summed E-state index contributed by atoms with van der Waals surface area (Å²) in [6.07, 6.45) is 1.99. The lowest BCUT2D eigenvalue weighted by molar-refractivity contribution is 0.101. The molecule has 1 unspecified atom stereocenters. The van der Waals surface area contributed by atoms with Crippen molar-refractivity contribution in [2.75, 3.05) is 6.61 Å². The molecule has 0 saturated carbocycles. The van der Waals surface area contributed by atoms with Gasteiger partial charge in [0.1, 0.15) is 11.9 Å². The molecular weight excluding hydrogens is 176 g/mol. The summed E-state index contributed by atoms with van der Waals surface area (Å²) in [5.74, 6) is 0.626. The second kappa shape index (κ2) is 6.02. The Labute approximate surface area is 87.7 Å². The van der Waals surface area contributed by atoms with Crippen LogP contribution in [0.2, 0.25) is 0 Å². The van der Waals surface area contributed by atoms with Gasteiger partial charge in [-0.05, 0) is 34.1 Å². The Morgan fingerprint density at radius 1 is 1.36 bits per heavy atom. The highest BCUT2D eigenvalue weighted by Crippen LogP contribution is 2.10. The molecule has 0 aliphatic rings. The van der Waals surface area contributed by atoms with E-state index in [0.717, 1.165) is 12.8 Å². The zero-order valence-electron chi connectivity index (χ0n) is 10.1. The summed E-state index contributed by atoms with van der Waals surface area (Å²) in [5.41, 5.74) is 5.78. The highest BCUT2D eigenvalue weighted by molar-refractivity contribution is 5.85. The van der Waals surface area contributed by atoms with Gasteiger partial charge in [-0.3, -0.25) is 4.99 Å². The summed E-state index contributed by atoms with van der Waals surface area (Å²) < 4.78 is 5.53. The summed E-state index contributed by atoms with van der Waals surface area (Å²) >= 11 is 0. The minimum absolute atomic E-state index is 0.00998. The third-order valence-corrected chi connectivity index (χ3v) is 1.71. The van der Waals surface area contributed by atoms with Gasteiger partial charge >= 0.3 is 0 Å². The van der Waals surface area contributed by atoms with Gasteiger partial charge in [-0.2, -0.15) is 0 Å². The van der Waals surface area contributed by atoms with Crippen LogP contribution >= 0.6 is 0 Å². The number of hydrogen-bond acceptors (Lipinski definition) is 2. The molecule has 3 nitrogen and oxygen atoms in total. The first kappa shape index (κ1) is 13.4. The highest BCUT2D eigenvalue weighted by Gasteiger charge is 2.15. The molecule has 3 heteroatoms. The van der Waals surface area contributed by atoms with Crippen molar-refractivity contribution in [2.45, 2.75) is 59.1 Å². The lowest BCUT2D eigenvalue weighted by atomic mass is 10.1. The van der Waals surface area contributed by atoms with Crippen molar-refractivity contribution in [3.8, 4) is 0 Å². The molecule has 0 radical (unpaired) electrons. The molecule has 14 heavy (non-hydrogen) atoms. The maximum atomic E-state index is 5.90. The predicted octanol–water partition coefficient (Wildman–Crippen LogP) is 2.35. The number of rotatable bonds is 5. The standard InChI is InChI=1S/C11H24N2O/c1-6-8-9(14-7-2)10(12)13-11(3,4)5/h9H,6-8H2,1-5H3,(H2,12,13). The van der Waals surface area contributed by atoms with Crippen molar-refractivity contribution >= 4 is 5.84 Å². The molecule has 0 bridgehead atoms. The zero-order valence-corrected chi connectivity index (χ0v) is 10.1. The van der Waals surface area contributed by atoms with Crippen molar-refractivity contribution < 1.29 is 4.74 Å². The maximum absolute atomic E-state index is 5.90. The highest BCUT2D eigenvalue weighted by atomic mass is 16.5. The Morgan fingerprint density at radius 3 is 2.29 bits per heavy atom. The average Bonchev–Trinajstić information content (AvgIpc) is 2.01. The SMILES string of the molecule is CCCC(OCC)C(N)=NC(C)(C)C. The third kappa shape index (κ3) is 5.97. The fraction of sp³-hybridized carbons (Fsp3) is 0.909.